The molecule has 0 spiro atoms. The van der Waals surface area contributed by atoms with Crippen molar-refractivity contribution in [1.29, 1.82) is 0 Å². The van der Waals surface area contributed by atoms with Gasteiger partial charge in [-0.1, -0.05) is 0 Å². The molecule has 3 rings (SSSR count). The lowest BCUT2D eigenvalue weighted by Crippen LogP contribution is -2.64. The fourth-order valence-electron chi connectivity index (χ4n) is 2.62. The molecular formula is C12H17N3O2. The van der Waals surface area contributed by atoms with Gasteiger partial charge in [0.15, 0.2) is 0 Å². The lowest BCUT2D eigenvalue weighted by molar-refractivity contribution is -0.0958. The summed E-state index contributed by atoms with van der Waals surface area (Å²) in [6.45, 7) is 2.79. The van der Waals surface area contributed by atoms with Gasteiger partial charge in [-0.25, -0.2) is 0 Å². The molecule has 1 aliphatic heterocycles. The minimum absolute atomic E-state index is 0.0130. The predicted molar refractivity (Wildman–Crippen MR) is 61.5 cm³/mol. The number of β-amino-alcohol motifs (C(OH)–C–C–N with tert-alkyl or cyclic N) is 1. The number of likely N-dealkylation sites (tertiary alicyclic amines) is 1. The Kier molecular flexibility index (Phi) is 2.10. The molecule has 1 N–H and O–H groups in total. The molecule has 0 bridgehead atoms. The number of aryl methyl sites for hydroxylation is 2. The molecule has 1 saturated heterocycles. The maximum atomic E-state index is 12.2. The van der Waals surface area contributed by atoms with E-state index in [1.807, 2.05) is 6.92 Å². The summed E-state index contributed by atoms with van der Waals surface area (Å²) in [4.78, 5) is 13.9. The number of amides is 1. The predicted octanol–water partition coefficient (Wildman–Crippen LogP) is 0.325. The van der Waals surface area contributed by atoms with Crippen molar-refractivity contribution in [3.05, 3.63) is 17.5 Å². The lowest BCUT2D eigenvalue weighted by Gasteiger charge is -2.46. The molecule has 1 aliphatic carbocycles. The van der Waals surface area contributed by atoms with Crippen molar-refractivity contribution in [2.75, 3.05) is 13.1 Å². The van der Waals surface area contributed by atoms with E-state index < -0.39 is 5.60 Å². The van der Waals surface area contributed by atoms with E-state index in [9.17, 15) is 9.90 Å². The van der Waals surface area contributed by atoms with E-state index in [4.69, 9.17) is 0 Å². The molecule has 2 fully saturated rings. The van der Waals surface area contributed by atoms with Crippen molar-refractivity contribution < 1.29 is 9.90 Å². The second kappa shape index (κ2) is 3.32. The van der Waals surface area contributed by atoms with Crippen LogP contribution in [-0.2, 0) is 7.05 Å². The Morgan fingerprint density at radius 1 is 1.53 bits per heavy atom. The van der Waals surface area contributed by atoms with Gasteiger partial charge >= 0.3 is 0 Å². The first-order chi connectivity index (χ1) is 7.99. The van der Waals surface area contributed by atoms with E-state index in [0.29, 0.717) is 24.6 Å². The number of carbonyl (C=O) groups excluding carboxylic acids is 1. The first-order valence-corrected chi connectivity index (χ1v) is 6.01. The highest BCUT2D eigenvalue weighted by atomic mass is 16.3. The minimum Gasteiger partial charge on any atom is -0.386 e. The topological polar surface area (TPSA) is 58.4 Å². The molecule has 0 aromatic carbocycles. The fraction of sp³-hybridized carbons (Fsp3) is 0.667. The highest BCUT2D eigenvalue weighted by molar-refractivity contribution is 5.95. The van der Waals surface area contributed by atoms with Gasteiger partial charge < -0.3 is 10.0 Å². The average molecular weight is 235 g/mol. The monoisotopic (exact) mass is 235 g/mol. The van der Waals surface area contributed by atoms with Crippen molar-refractivity contribution in [1.82, 2.24) is 14.7 Å². The molecule has 92 valence electrons. The molecule has 0 atom stereocenters. The molecule has 1 aromatic heterocycles. The largest absolute Gasteiger partial charge is 0.386 e. The third-order valence-corrected chi connectivity index (χ3v) is 3.80. The van der Waals surface area contributed by atoms with Crippen LogP contribution < -0.4 is 0 Å². The average Bonchev–Trinajstić information content (AvgIpc) is 3.00. The Morgan fingerprint density at radius 2 is 2.18 bits per heavy atom. The van der Waals surface area contributed by atoms with Gasteiger partial charge in [-0.3, -0.25) is 9.48 Å². The highest BCUT2D eigenvalue weighted by Crippen LogP contribution is 2.44. The van der Waals surface area contributed by atoms with Crippen LogP contribution in [0.4, 0.5) is 0 Å². The second-order valence-corrected chi connectivity index (χ2v) is 5.34. The van der Waals surface area contributed by atoms with Crippen LogP contribution in [0.5, 0.6) is 0 Å². The van der Waals surface area contributed by atoms with E-state index in [0.717, 1.165) is 18.5 Å². The van der Waals surface area contributed by atoms with Gasteiger partial charge in [-0.05, 0) is 25.7 Å². The van der Waals surface area contributed by atoms with Crippen LogP contribution in [0.3, 0.4) is 0 Å². The molecule has 0 unspecified atom stereocenters. The first-order valence-electron chi connectivity index (χ1n) is 6.01. The third-order valence-electron chi connectivity index (χ3n) is 3.80. The van der Waals surface area contributed by atoms with Crippen LogP contribution >= 0.6 is 0 Å². The molecule has 17 heavy (non-hydrogen) atoms. The van der Waals surface area contributed by atoms with Crippen molar-refractivity contribution in [3.8, 4) is 0 Å². The van der Waals surface area contributed by atoms with Crippen molar-refractivity contribution in [3.63, 3.8) is 0 Å². The number of hydrogen-bond donors (Lipinski definition) is 1. The molecule has 2 heterocycles. The van der Waals surface area contributed by atoms with Gasteiger partial charge in [0.1, 0.15) is 5.60 Å². The van der Waals surface area contributed by atoms with E-state index in [1.165, 1.54) is 0 Å². The number of aromatic nitrogens is 2. The molecular weight excluding hydrogens is 218 g/mol. The number of hydrogen-bond acceptors (Lipinski definition) is 3. The minimum atomic E-state index is -0.605. The summed E-state index contributed by atoms with van der Waals surface area (Å²) in [5, 5.41) is 14.3. The van der Waals surface area contributed by atoms with Gasteiger partial charge in [-0.15, -0.1) is 0 Å². The Hall–Kier alpha value is -1.36. The van der Waals surface area contributed by atoms with Gasteiger partial charge in [0.25, 0.3) is 5.91 Å². The maximum Gasteiger partial charge on any atom is 0.257 e. The van der Waals surface area contributed by atoms with Crippen molar-refractivity contribution in [2.24, 2.45) is 13.0 Å². The van der Waals surface area contributed by atoms with Crippen molar-refractivity contribution >= 4 is 5.91 Å². The van der Waals surface area contributed by atoms with Crippen LogP contribution in [-0.4, -0.2) is 44.4 Å². The molecule has 5 nitrogen and oxygen atoms in total. The van der Waals surface area contributed by atoms with E-state index >= 15 is 0 Å². The zero-order valence-corrected chi connectivity index (χ0v) is 10.2. The standard InChI is InChI=1S/C12H17N3O2/c1-8-10(5-14(2)13-8)11(16)15-6-12(17,7-15)9-3-4-9/h5,9,17H,3-4,6-7H2,1-2H3. The summed E-state index contributed by atoms with van der Waals surface area (Å²) in [5.74, 6) is 0.405. The van der Waals surface area contributed by atoms with Gasteiger partial charge in [0, 0.05) is 13.2 Å². The SMILES string of the molecule is Cc1nn(C)cc1C(=O)N1CC(O)(C2CC2)C1. The third kappa shape index (κ3) is 1.65. The number of aliphatic hydroxyl groups is 1. The summed E-state index contributed by atoms with van der Waals surface area (Å²) < 4.78 is 1.65. The molecule has 0 radical (unpaired) electrons. The smallest absolute Gasteiger partial charge is 0.257 e. The fourth-order valence-corrected chi connectivity index (χ4v) is 2.62. The summed E-state index contributed by atoms with van der Waals surface area (Å²) in [6, 6.07) is 0. The number of nitrogens with zero attached hydrogens (tertiary/aromatic N) is 3. The molecule has 5 heteroatoms. The molecule has 1 saturated carbocycles. The first kappa shape index (κ1) is 10.8. The maximum absolute atomic E-state index is 12.2. The van der Waals surface area contributed by atoms with Crippen LogP contribution in [0.2, 0.25) is 0 Å². The van der Waals surface area contributed by atoms with Crippen LogP contribution in [0.15, 0.2) is 6.20 Å². The zero-order chi connectivity index (χ0) is 12.2. The Labute approximate surface area is 100 Å². The number of rotatable bonds is 2. The van der Waals surface area contributed by atoms with E-state index in [-0.39, 0.29) is 5.91 Å². The van der Waals surface area contributed by atoms with Crippen molar-refractivity contribution in [2.45, 2.75) is 25.4 Å². The number of carbonyl (C=O) groups is 1. The Morgan fingerprint density at radius 3 is 2.65 bits per heavy atom. The summed E-state index contributed by atoms with van der Waals surface area (Å²) >= 11 is 0. The summed E-state index contributed by atoms with van der Waals surface area (Å²) in [5.41, 5.74) is 0.788. The normalized spacial score (nSPS) is 22.4. The quantitative estimate of drug-likeness (QED) is 0.803. The Balaban J connectivity index is 1.71. The van der Waals surface area contributed by atoms with Gasteiger partial charge in [0.2, 0.25) is 0 Å². The summed E-state index contributed by atoms with van der Waals surface area (Å²) in [7, 11) is 1.81. The molecule has 1 amide bonds. The highest BCUT2D eigenvalue weighted by Gasteiger charge is 2.53. The zero-order valence-electron chi connectivity index (χ0n) is 10.2. The molecule has 1 aromatic rings. The van der Waals surface area contributed by atoms with E-state index in [2.05, 4.69) is 5.10 Å². The molecule has 2 aliphatic rings. The van der Waals surface area contributed by atoms with Gasteiger partial charge in [0.05, 0.1) is 24.3 Å². The second-order valence-electron chi connectivity index (χ2n) is 5.34. The van der Waals surface area contributed by atoms with Gasteiger partial charge in [-0.2, -0.15) is 5.10 Å². The Bertz CT molecular complexity index is 470. The lowest BCUT2D eigenvalue weighted by atomic mass is 9.88. The van der Waals surface area contributed by atoms with Crippen LogP contribution in [0.1, 0.15) is 28.9 Å². The van der Waals surface area contributed by atoms with Crippen LogP contribution in [0, 0.1) is 12.8 Å². The van der Waals surface area contributed by atoms with Crippen LogP contribution in [0.25, 0.3) is 0 Å². The summed E-state index contributed by atoms with van der Waals surface area (Å²) in [6.07, 6.45) is 3.95. The van der Waals surface area contributed by atoms with E-state index in [1.54, 1.807) is 22.8 Å².